The summed E-state index contributed by atoms with van der Waals surface area (Å²) in [6, 6.07) is 0. The molecule has 1 rings (SSSR count). The fourth-order valence-electron chi connectivity index (χ4n) is 1.22. The molecule has 0 aromatic carbocycles. The van der Waals surface area contributed by atoms with Gasteiger partial charge in [0.25, 0.3) is 5.56 Å². The molecule has 0 saturated heterocycles. The lowest BCUT2D eigenvalue weighted by atomic mass is 10.4. The molecule has 0 bridgehead atoms. The predicted octanol–water partition coefficient (Wildman–Crippen LogP) is 1.47. The van der Waals surface area contributed by atoms with Crippen molar-refractivity contribution in [3.8, 4) is 0 Å². The van der Waals surface area contributed by atoms with Crippen molar-refractivity contribution in [2.45, 2.75) is 20.4 Å². The van der Waals surface area contributed by atoms with Gasteiger partial charge in [0.1, 0.15) is 4.47 Å². The molecule has 1 aromatic heterocycles. The van der Waals surface area contributed by atoms with E-state index in [1.165, 1.54) is 4.68 Å². The van der Waals surface area contributed by atoms with Crippen molar-refractivity contribution in [2.75, 3.05) is 25.1 Å². The summed E-state index contributed by atoms with van der Waals surface area (Å²) in [5.74, 6) is 0. The van der Waals surface area contributed by atoms with Crippen LogP contribution in [0.1, 0.15) is 13.8 Å². The maximum atomic E-state index is 11.7. The van der Waals surface area contributed by atoms with Crippen LogP contribution in [0.4, 0.5) is 5.69 Å². The highest BCUT2D eigenvalue weighted by molar-refractivity contribution is 9.10. The van der Waals surface area contributed by atoms with Gasteiger partial charge in [0.15, 0.2) is 0 Å². The van der Waals surface area contributed by atoms with E-state index in [4.69, 9.17) is 4.74 Å². The number of aryl methyl sites for hydroxylation is 1. The van der Waals surface area contributed by atoms with E-state index in [0.29, 0.717) is 36.5 Å². The topological polar surface area (TPSA) is 56.1 Å². The number of nitrogens with one attached hydrogen (secondary N) is 1. The van der Waals surface area contributed by atoms with Crippen molar-refractivity contribution in [1.29, 1.82) is 0 Å². The molecule has 1 heterocycles. The molecule has 0 atom stereocenters. The van der Waals surface area contributed by atoms with Crippen LogP contribution in [0.3, 0.4) is 0 Å². The van der Waals surface area contributed by atoms with Gasteiger partial charge >= 0.3 is 0 Å². The number of aromatic nitrogens is 2. The second kappa shape index (κ2) is 6.65. The number of ether oxygens (including phenoxy) is 1. The maximum Gasteiger partial charge on any atom is 0.283 e. The molecule has 0 fully saturated rings. The second-order valence-corrected chi connectivity index (χ2v) is 3.91. The minimum Gasteiger partial charge on any atom is -0.380 e. The molecule has 0 unspecified atom stereocenters. The molecule has 0 radical (unpaired) electrons. The van der Waals surface area contributed by atoms with Crippen molar-refractivity contribution >= 4 is 21.6 Å². The second-order valence-electron chi connectivity index (χ2n) is 3.12. The van der Waals surface area contributed by atoms with E-state index in [2.05, 4.69) is 26.3 Å². The first-order chi connectivity index (χ1) is 7.70. The van der Waals surface area contributed by atoms with Gasteiger partial charge < -0.3 is 10.1 Å². The van der Waals surface area contributed by atoms with Crippen molar-refractivity contribution in [3.63, 3.8) is 0 Å². The first-order valence-electron chi connectivity index (χ1n) is 5.27. The van der Waals surface area contributed by atoms with Crippen LogP contribution in [0.15, 0.2) is 15.5 Å². The van der Waals surface area contributed by atoms with E-state index in [1.54, 1.807) is 6.20 Å². The Hall–Kier alpha value is -0.880. The van der Waals surface area contributed by atoms with Crippen LogP contribution in [0, 0.1) is 0 Å². The number of hydrogen-bond acceptors (Lipinski definition) is 4. The van der Waals surface area contributed by atoms with E-state index in [9.17, 15) is 4.79 Å². The molecule has 0 aliphatic heterocycles. The van der Waals surface area contributed by atoms with Crippen LogP contribution in [-0.4, -0.2) is 29.5 Å². The van der Waals surface area contributed by atoms with Gasteiger partial charge in [-0.15, -0.1) is 0 Å². The standard InChI is InChI=1S/C10H16BrN3O2/c1-3-14-10(15)9(11)8(7-13-14)12-5-6-16-4-2/h7,12H,3-6H2,1-2H3. The third kappa shape index (κ3) is 3.31. The van der Waals surface area contributed by atoms with Gasteiger partial charge in [-0.3, -0.25) is 4.79 Å². The molecule has 0 aliphatic rings. The van der Waals surface area contributed by atoms with Crippen LogP contribution in [0.2, 0.25) is 0 Å². The highest BCUT2D eigenvalue weighted by Gasteiger charge is 2.06. The van der Waals surface area contributed by atoms with Crippen LogP contribution < -0.4 is 10.9 Å². The average Bonchev–Trinajstić information content (AvgIpc) is 2.30. The van der Waals surface area contributed by atoms with Crippen molar-refractivity contribution in [1.82, 2.24) is 9.78 Å². The van der Waals surface area contributed by atoms with Gasteiger partial charge in [-0.05, 0) is 29.8 Å². The van der Waals surface area contributed by atoms with Gasteiger partial charge in [-0.2, -0.15) is 5.10 Å². The average molecular weight is 290 g/mol. The van der Waals surface area contributed by atoms with Crippen LogP contribution in [0.25, 0.3) is 0 Å². The van der Waals surface area contributed by atoms with Crippen LogP contribution in [0.5, 0.6) is 0 Å². The van der Waals surface area contributed by atoms with E-state index in [0.717, 1.165) is 0 Å². The first kappa shape index (κ1) is 13.2. The Morgan fingerprint density at radius 3 is 2.94 bits per heavy atom. The minimum absolute atomic E-state index is 0.121. The Bertz CT molecular complexity index is 392. The molecule has 0 aliphatic carbocycles. The lowest BCUT2D eigenvalue weighted by molar-refractivity contribution is 0.158. The van der Waals surface area contributed by atoms with E-state index in [1.807, 2.05) is 13.8 Å². The molecule has 1 aromatic rings. The molecule has 0 amide bonds. The third-order valence-electron chi connectivity index (χ3n) is 2.05. The molecular weight excluding hydrogens is 274 g/mol. The molecule has 16 heavy (non-hydrogen) atoms. The zero-order valence-electron chi connectivity index (χ0n) is 9.49. The summed E-state index contributed by atoms with van der Waals surface area (Å²) in [7, 11) is 0. The Labute approximate surface area is 103 Å². The summed E-state index contributed by atoms with van der Waals surface area (Å²) < 4.78 is 7.10. The lowest BCUT2D eigenvalue weighted by Crippen LogP contribution is -2.24. The van der Waals surface area contributed by atoms with E-state index >= 15 is 0 Å². The summed E-state index contributed by atoms with van der Waals surface area (Å²) in [4.78, 5) is 11.7. The molecule has 1 N–H and O–H groups in total. The SMILES string of the molecule is CCOCCNc1cnn(CC)c(=O)c1Br. The number of halogens is 1. The normalized spacial score (nSPS) is 10.4. The number of anilines is 1. The quantitative estimate of drug-likeness (QED) is 0.806. The molecule has 0 spiro atoms. The molecule has 90 valence electrons. The summed E-state index contributed by atoms with van der Waals surface area (Å²) >= 11 is 3.26. The number of hydrogen-bond donors (Lipinski definition) is 1. The minimum atomic E-state index is -0.121. The number of rotatable bonds is 6. The van der Waals surface area contributed by atoms with Crippen LogP contribution >= 0.6 is 15.9 Å². The van der Waals surface area contributed by atoms with E-state index < -0.39 is 0 Å². The van der Waals surface area contributed by atoms with Crippen LogP contribution in [-0.2, 0) is 11.3 Å². The Morgan fingerprint density at radius 2 is 2.31 bits per heavy atom. The summed E-state index contributed by atoms with van der Waals surface area (Å²) in [5.41, 5.74) is 0.582. The third-order valence-corrected chi connectivity index (χ3v) is 2.82. The van der Waals surface area contributed by atoms with E-state index in [-0.39, 0.29) is 5.56 Å². The zero-order chi connectivity index (χ0) is 12.0. The highest BCUT2D eigenvalue weighted by Crippen LogP contribution is 2.15. The highest BCUT2D eigenvalue weighted by atomic mass is 79.9. The van der Waals surface area contributed by atoms with Gasteiger partial charge in [0, 0.05) is 19.7 Å². The predicted molar refractivity (Wildman–Crippen MR) is 66.9 cm³/mol. The summed E-state index contributed by atoms with van der Waals surface area (Å²) in [6.07, 6.45) is 1.64. The maximum absolute atomic E-state index is 11.7. The fraction of sp³-hybridized carbons (Fsp3) is 0.600. The van der Waals surface area contributed by atoms with Crippen molar-refractivity contribution < 1.29 is 4.74 Å². The van der Waals surface area contributed by atoms with Crippen molar-refractivity contribution in [3.05, 3.63) is 21.0 Å². The lowest BCUT2D eigenvalue weighted by Gasteiger charge is -2.09. The van der Waals surface area contributed by atoms with Gasteiger partial charge in [-0.1, -0.05) is 0 Å². The Kier molecular flexibility index (Phi) is 5.48. The molecule has 6 heteroatoms. The smallest absolute Gasteiger partial charge is 0.283 e. The summed E-state index contributed by atoms with van der Waals surface area (Å²) in [6.45, 7) is 6.35. The molecular formula is C10H16BrN3O2. The van der Waals surface area contributed by atoms with Gasteiger partial charge in [0.05, 0.1) is 18.5 Å². The molecule has 5 nitrogen and oxygen atoms in total. The first-order valence-corrected chi connectivity index (χ1v) is 6.07. The zero-order valence-corrected chi connectivity index (χ0v) is 11.1. The van der Waals surface area contributed by atoms with Gasteiger partial charge in [-0.25, -0.2) is 4.68 Å². The fourth-order valence-corrected chi connectivity index (χ4v) is 1.66. The Balaban J connectivity index is 2.68. The monoisotopic (exact) mass is 289 g/mol. The van der Waals surface area contributed by atoms with Gasteiger partial charge in [0.2, 0.25) is 0 Å². The largest absolute Gasteiger partial charge is 0.380 e. The Morgan fingerprint density at radius 1 is 1.56 bits per heavy atom. The van der Waals surface area contributed by atoms with Crippen molar-refractivity contribution in [2.24, 2.45) is 0 Å². The number of nitrogens with zero attached hydrogens (tertiary/aromatic N) is 2. The summed E-state index contributed by atoms with van der Waals surface area (Å²) in [5, 5.41) is 7.12. The molecule has 0 saturated carbocycles.